The van der Waals surface area contributed by atoms with Crippen molar-refractivity contribution in [2.75, 3.05) is 13.1 Å². The minimum atomic E-state index is -0.504. The lowest BCUT2D eigenvalue weighted by molar-refractivity contribution is -0.139. The third-order valence-corrected chi connectivity index (χ3v) is 8.75. The number of nitrogens with zero attached hydrogens (tertiary/aromatic N) is 1. The number of likely N-dealkylation sites (tertiary alicyclic amines) is 1. The van der Waals surface area contributed by atoms with Gasteiger partial charge in [-0.25, -0.2) is 0 Å². The van der Waals surface area contributed by atoms with Gasteiger partial charge in [0.1, 0.15) is 5.54 Å². The van der Waals surface area contributed by atoms with Crippen LogP contribution in [0.15, 0.2) is 48.5 Å². The Morgan fingerprint density at radius 2 is 1.94 bits per heavy atom. The summed E-state index contributed by atoms with van der Waals surface area (Å²) in [6, 6.07) is 16.8. The quantitative estimate of drug-likeness (QED) is 0.570. The van der Waals surface area contributed by atoms with Crippen molar-refractivity contribution >= 4 is 29.1 Å². The molecule has 4 fully saturated rings. The molecule has 33 heavy (non-hydrogen) atoms. The van der Waals surface area contributed by atoms with E-state index in [1.54, 1.807) is 6.07 Å². The molecule has 176 valence electrons. The number of carbonyl (C=O) groups excluding carboxylic acids is 1. The van der Waals surface area contributed by atoms with Gasteiger partial charge in [-0.15, -0.1) is 0 Å². The lowest BCUT2D eigenvalue weighted by Gasteiger charge is -2.56. The molecule has 3 heterocycles. The van der Waals surface area contributed by atoms with Crippen LogP contribution in [0, 0.1) is 23.7 Å². The number of nitrogens with one attached hydrogen (secondary N) is 2. The highest BCUT2D eigenvalue weighted by Crippen LogP contribution is 2.54. The Bertz CT molecular complexity index is 1010. The van der Waals surface area contributed by atoms with Crippen LogP contribution in [0.5, 0.6) is 0 Å². The van der Waals surface area contributed by atoms with Gasteiger partial charge < -0.3 is 10.6 Å². The zero-order valence-electron chi connectivity index (χ0n) is 19.4. The largest absolute Gasteiger partial charge is 0.350 e. The second-order valence-corrected chi connectivity index (χ2v) is 11.4. The number of fused-ring (bicyclic) bond motifs is 1. The van der Waals surface area contributed by atoms with Crippen LogP contribution in [0.25, 0.3) is 0 Å². The lowest BCUT2D eigenvalue weighted by atomic mass is 9.57. The second-order valence-electron chi connectivity index (χ2n) is 10.6. The molecule has 0 radical (unpaired) electrons. The highest BCUT2D eigenvalue weighted by molar-refractivity contribution is 6.42. The zero-order chi connectivity index (χ0) is 23.2. The molecule has 2 aromatic carbocycles. The molecule has 3 saturated heterocycles. The third kappa shape index (κ3) is 4.32. The van der Waals surface area contributed by atoms with Crippen LogP contribution in [0.4, 0.5) is 0 Å². The van der Waals surface area contributed by atoms with E-state index in [9.17, 15) is 4.79 Å². The van der Waals surface area contributed by atoms with E-state index in [4.69, 9.17) is 23.2 Å². The summed E-state index contributed by atoms with van der Waals surface area (Å²) in [5.41, 5.74) is 1.82. The van der Waals surface area contributed by atoms with E-state index in [-0.39, 0.29) is 5.91 Å². The van der Waals surface area contributed by atoms with Gasteiger partial charge in [0.05, 0.1) is 10.0 Å². The van der Waals surface area contributed by atoms with Crippen molar-refractivity contribution in [1.29, 1.82) is 0 Å². The normalized spacial score (nSPS) is 30.7. The summed E-state index contributed by atoms with van der Waals surface area (Å²) >= 11 is 12.2. The van der Waals surface area contributed by atoms with Gasteiger partial charge >= 0.3 is 0 Å². The Balaban J connectivity index is 1.38. The predicted octanol–water partition coefficient (Wildman–Crippen LogP) is 5.13. The number of halogens is 2. The summed E-state index contributed by atoms with van der Waals surface area (Å²) in [7, 11) is 0. The molecule has 1 aliphatic carbocycles. The van der Waals surface area contributed by atoms with Crippen LogP contribution in [-0.4, -0.2) is 35.5 Å². The van der Waals surface area contributed by atoms with Crippen LogP contribution >= 0.6 is 23.2 Å². The average molecular weight is 486 g/mol. The van der Waals surface area contributed by atoms with E-state index in [1.807, 2.05) is 12.1 Å². The maximum absolute atomic E-state index is 13.8. The molecule has 4 unspecified atom stereocenters. The van der Waals surface area contributed by atoms with E-state index in [2.05, 4.69) is 59.7 Å². The molecule has 3 aliphatic heterocycles. The first-order valence-corrected chi connectivity index (χ1v) is 12.9. The van der Waals surface area contributed by atoms with Crippen molar-refractivity contribution in [2.24, 2.45) is 23.7 Å². The molecule has 0 aromatic heterocycles. The number of carbonyl (C=O) groups is 1. The lowest BCUT2D eigenvalue weighted by Crippen LogP contribution is -2.74. The van der Waals surface area contributed by atoms with Gasteiger partial charge in [0.15, 0.2) is 0 Å². The molecule has 4 bridgehead atoms. The number of rotatable bonds is 7. The van der Waals surface area contributed by atoms with Gasteiger partial charge in [0.25, 0.3) is 0 Å². The predicted molar refractivity (Wildman–Crippen MR) is 134 cm³/mol. The van der Waals surface area contributed by atoms with Crippen molar-refractivity contribution in [3.05, 3.63) is 69.7 Å². The molecule has 0 spiro atoms. The third-order valence-electron chi connectivity index (χ3n) is 8.01. The van der Waals surface area contributed by atoms with Crippen molar-refractivity contribution in [3.63, 3.8) is 0 Å². The molecule has 5 atom stereocenters. The number of benzene rings is 2. The van der Waals surface area contributed by atoms with Crippen LogP contribution in [-0.2, 0) is 17.9 Å². The SMILES string of the molecule is CC(C)CC1[C@@H]2C3CNC1(C(=O)NCc1ccc(Cl)c(Cl)c1)CC3CN2Cc1ccccc1. The van der Waals surface area contributed by atoms with Crippen LogP contribution in [0.1, 0.15) is 37.8 Å². The fraction of sp³-hybridized carbons (Fsp3) is 0.519. The highest BCUT2D eigenvalue weighted by atomic mass is 35.5. The van der Waals surface area contributed by atoms with Crippen molar-refractivity contribution in [3.8, 4) is 0 Å². The van der Waals surface area contributed by atoms with Gasteiger partial charge in [-0.3, -0.25) is 9.69 Å². The maximum atomic E-state index is 13.8. The Labute approximate surface area is 207 Å². The Morgan fingerprint density at radius 3 is 2.67 bits per heavy atom. The summed E-state index contributed by atoms with van der Waals surface area (Å²) < 4.78 is 0. The van der Waals surface area contributed by atoms with Gasteiger partial charge in [-0.2, -0.15) is 0 Å². The molecular formula is C27H33Cl2N3O. The summed E-state index contributed by atoms with van der Waals surface area (Å²) in [6.45, 7) is 7.99. The van der Waals surface area contributed by atoms with Crippen molar-refractivity contribution in [2.45, 2.75) is 51.4 Å². The first-order valence-electron chi connectivity index (χ1n) is 12.1. The number of amides is 1. The molecule has 4 aliphatic rings. The molecule has 4 nitrogen and oxygen atoms in total. The summed E-state index contributed by atoms with van der Waals surface area (Å²) in [5, 5.41) is 8.04. The molecular weight excluding hydrogens is 453 g/mol. The van der Waals surface area contributed by atoms with Crippen molar-refractivity contribution in [1.82, 2.24) is 15.5 Å². The topological polar surface area (TPSA) is 44.4 Å². The summed E-state index contributed by atoms with van der Waals surface area (Å²) in [5.74, 6) is 2.16. The summed E-state index contributed by atoms with van der Waals surface area (Å²) in [4.78, 5) is 16.5. The number of hydrogen-bond donors (Lipinski definition) is 2. The standard InChI is InChI=1S/C27H33Cl2N3O/c1-17(2)10-22-25-21-14-31-27(22,26(33)30-13-19-8-9-23(28)24(29)11-19)12-20(21)16-32(25)15-18-6-4-3-5-7-18/h3-9,11,17,20-22,25,31H,10,12-16H2,1-2H3,(H,30,33)/t20?,21?,22?,25-,27?/m0/s1. The maximum Gasteiger partial charge on any atom is 0.240 e. The summed E-state index contributed by atoms with van der Waals surface area (Å²) in [6.07, 6.45) is 1.97. The Hall–Kier alpha value is -1.59. The molecule has 1 saturated carbocycles. The van der Waals surface area contributed by atoms with E-state index in [0.717, 1.165) is 38.0 Å². The van der Waals surface area contributed by atoms with E-state index >= 15 is 0 Å². The van der Waals surface area contributed by atoms with Crippen LogP contribution in [0.2, 0.25) is 10.0 Å². The van der Waals surface area contributed by atoms with Gasteiger partial charge in [0.2, 0.25) is 5.91 Å². The molecule has 2 N–H and O–H groups in total. The fourth-order valence-electron chi connectivity index (χ4n) is 6.69. The van der Waals surface area contributed by atoms with Gasteiger partial charge in [0, 0.05) is 38.1 Å². The van der Waals surface area contributed by atoms with E-state index in [0.29, 0.717) is 46.3 Å². The first kappa shape index (κ1) is 23.2. The minimum Gasteiger partial charge on any atom is -0.350 e. The second kappa shape index (κ2) is 9.22. The Kier molecular flexibility index (Phi) is 6.47. The molecule has 2 aromatic rings. The van der Waals surface area contributed by atoms with E-state index in [1.165, 1.54) is 5.56 Å². The average Bonchev–Trinajstić information content (AvgIpc) is 3.10. The zero-order valence-corrected chi connectivity index (χ0v) is 20.9. The van der Waals surface area contributed by atoms with Crippen LogP contribution in [0.3, 0.4) is 0 Å². The van der Waals surface area contributed by atoms with Crippen molar-refractivity contribution < 1.29 is 4.79 Å². The minimum absolute atomic E-state index is 0.133. The highest BCUT2D eigenvalue weighted by Gasteiger charge is 2.64. The number of hydrogen-bond acceptors (Lipinski definition) is 3. The van der Waals surface area contributed by atoms with E-state index < -0.39 is 5.54 Å². The van der Waals surface area contributed by atoms with Gasteiger partial charge in [-0.1, -0.05) is 73.4 Å². The first-order chi connectivity index (χ1) is 15.9. The molecule has 1 amide bonds. The smallest absolute Gasteiger partial charge is 0.240 e. The van der Waals surface area contributed by atoms with Gasteiger partial charge in [-0.05, 0) is 53.9 Å². The number of piperidine rings is 2. The molecule has 6 heteroatoms. The molecule has 6 rings (SSSR count). The van der Waals surface area contributed by atoms with Crippen LogP contribution < -0.4 is 10.6 Å². The fourth-order valence-corrected chi connectivity index (χ4v) is 7.01. The monoisotopic (exact) mass is 485 g/mol. The Morgan fingerprint density at radius 1 is 1.15 bits per heavy atom.